The number of nitrogens with two attached hydrogens (primary N) is 1. The van der Waals surface area contributed by atoms with E-state index in [1.165, 1.54) is 23.0 Å². The molecule has 0 saturated heterocycles. The molecule has 0 radical (unpaired) electrons. The molecule has 280 valence electrons. The summed E-state index contributed by atoms with van der Waals surface area (Å²) in [6.07, 6.45) is 1.79. The predicted octanol–water partition coefficient (Wildman–Crippen LogP) is 2.68. The summed E-state index contributed by atoms with van der Waals surface area (Å²) in [5.74, 6) is 0.402. The number of anilines is 1. The fourth-order valence-corrected chi connectivity index (χ4v) is 5.41. The lowest BCUT2D eigenvalue weighted by Crippen LogP contribution is -2.51. The molecule has 2 aromatic carbocycles. The van der Waals surface area contributed by atoms with E-state index in [0.29, 0.717) is 47.6 Å². The number of hydrogen-bond donors (Lipinski definition) is 5. The lowest BCUT2D eigenvalue weighted by Gasteiger charge is -2.24. The molecule has 0 aliphatic carbocycles. The van der Waals surface area contributed by atoms with Gasteiger partial charge in [0.1, 0.15) is 29.3 Å². The van der Waals surface area contributed by atoms with Crippen LogP contribution in [0, 0.1) is 5.92 Å². The number of aliphatic hydroxyl groups excluding tert-OH is 1. The summed E-state index contributed by atoms with van der Waals surface area (Å²) in [5.41, 5.74) is 9.12. The molecule has 53 heavy (non-hydrogen) atoms. The fraction of sp³-hybridized carbons (Fsp3) is 0.368. The molecule has 0 unspecified atom stereocenters. The van der Waals surface area contributed by atoms with Crippen LogP contribution in [0.1, 0.15) is 36.3 Å². The van der Waals surface area contributed by atoms with Gasteiger partial charge in [-0.25, -0.2) is 14.6 Å². The number of hydrogen-bond acceptors (Lipinski definition) is 12. The second-order valence-corrected chi connectivity index (χ2v) is 13.0. The molecule has 6 N–H and O–H groups in total. The minimum atomic E-state index is -0.805. The van der Waals surface area contributed by atoms with E-state index in [4.69, 9.17) is 19.6 Å². The van der Waals surface area contributed by atoms with Gasteiger partial charge in [-0.05, 0) is 60.7 Å². The third kappa shape index (κ3) is 11.5. The molecule has 0 bridgehead atoms. The highest BCUT2D eigenvalue weighted by molar-refractivity contribution is 6.03. The number of nitrogens with one attached hydrogen (secondary N) is 3. The zero-order valence-corrected chi connectivity index (χ0v) is 30.0. The molecule has 0 aliphatic rings. The summed E-state index contributed by atoms with van der Waals surface area (Å²) >= 11 is 0. The monoisotopic (exact) mass is 726 g/mol. The van der Waals surface area contributed by atoms with Crippen molar-refractivity contribution in [2.24, 2.45) is 18.7 Å². The van der Waals surface area contributed by atoms with Gasteiger partial charge >= 0.3 is 0 Å². The number of nitrogens with zero attached hydrogens (tertiary/aromatic N) is 4. The van der Waals surface area contributed by atoms with Crippen molar-refractivity contribution in [3.8, 4) is 17.3 Å². The Morgan fingerprint density at radius 1 is 1.02 bits per heavy atom. The van der Waals surface area contributed by atoms with Crippen LogP contribution < -0.4 is 32.0 Å². The smallest absolute Gasteiger partial charge is 0.274 e. The Hall–Kier alpha value is -5.48. The van der Waals surface area contributed by atoms with E-state index in [1.807, 2.05) is 44.2 Å². The molecule has 5 rings (SSSR count). The first-order valence-electron chi connectivity index (χ1n) is 17.5. The summed E-state index contributed by atoms with van der Waals surface area (Å²) < 4.78 is 18.3. The van der Waals surface area contributed by atoms with Gasteiger partial charge in [-0.3, -0.25) is 14.4 Å². The van der Waals surface area contributed by atoms with Crippen LogP contribution in [-0.2, 0) is 23.0 Å². The Morgan fingerprint density at radius 3 is 2.57 bits per heavy atom. The van der Waals surface area contributed by atoms with Crippen molar-refractivity contribution in [3.63, 3.8) is 0 Å². The first-order chi connectivity index (χ1) is 25.5. The summed E-state index contributed by atoms with van der Waals surface area (Å²) in [6, 6.07) is 20.0. The summed E-state index contributed by atoms with van der Waals surface area (Å²) in [4.78, 5) is 46.0. The lowest BCUT2D eigenvalue weighted by molar-refractivity contribution is -0.123. The minimum absolute atomic E-state index is 0.166. The van der Waals surface area contributed by atoms with Gasteiger partial charge in [0.2, 0.25) is 11.8 Å². The number of aromatic nitrogens is 4. The molecular formula is C38H46N8O7. The van der Waals surface area contributed by atoms with Crippen molar-refractivity contribution in [1.82, 2.24) is 30.4 Å². The first-order valence-corrected chi connectivity index (χ1v) is 17.5. The van der Waals surface area contributed by atoms with Gasteiger partial charge in [0, 0.05) is 37.9 Å². The number of aryl methyl sites for hydroxylation is 1. The number of rotatable bonds is 19. The van der Waals surface area contributed by atoms with Crippen molar-refractivity contribution in [2.75, 3.05) is 38.2 Å². The minimum Gasteiger partial charge on any atom is -0.490 e. The van der Waals surface area contributed by atoms with E-state index < -0.39 is 24.1 Å². The van der Waals surface area contributed by atoms with Gasteiger partial charge in [-0.15, -0.1) is 0 Å². The average molecular weight is 727 g/mol. The largest absolute Gasteiger partial charge is 0.490 e. The van der Waals surface area contributed by atoms with Crippen LogP contribution in [0.4, 0.5) is 5.69 Å². The molecule has 3 heterocycles. The molecule has 0 saturated carbocycles. The Morgan fingerprint density at radius 2 is 1.83 bits per heavy atom. The van der Waals surface area contributed by atoms with Crippen LogP contribution in [0.25, 0.3) is 22.7 Å². The number of ether oxygens (including phenoxy) is 2. The van der Waals surface area contributed by atoms with E-state index in [2.05, 4.69) is 31.0 Å². The van der Waals surface area contributed by atoms with Crippen LogP contribution in [0.15, 0.2) is 88.2 Å². The van der Waals surface area contributed by atoms with E-state index in [1.54, 1.807) is 37.4 Å². The third-order valence-corrected chi connectivity index (χ3v) is 8.24. The maximum atomic E-state index is 12.9. The van der Waals surface area contributed by atoms with E-state index in [9.17, 15) is 19.5 Å². The van der Waals surface area contributed by atoms with Crippen LogP contribution >= 0.6 is 0 Å². The van der Waals surface area contributed by atoms with Crippen LogP contribution in [-0.4, -0.2) is 87.8 Å². The Bertz CT molecular complexity index is 2000. The highest BCUT2D eigenvalue weighted by Crippen LogP contribution is 2.25. The van der Waals surface area contributed by atoms with Crippen LogP contribution in [0.2, 0.25) is 0 Å². The number of oxazole rings is 1. The van der Waals surface area contributed by atoms with E-state index >= 15 is 0 Å². The second-order valence-electron chi connectivity index (χ2n) is 13.0. The molecular weight excluding hydrogens is 680 g/mol. The highest BCUT2D eigenvalue weighted by atomic mass is 16.5. The summed E-state index contributed by atoms with van der Waals surface area (Å²) in [5, 5.41) is 23.6. The number of amides is 2. The van der Waals surface area contributed by atoms with Crippen LogP contribution in [0.3, 0.4) is 0 Å². The average Bonchev–Trinajstić information content (AvgIpc) is 3.58. The molecule has 15 heteroatoms. The van der Waals surface area contributed by atoms with Crippen molar-refractivity contribution < 1.29 is 28.6 Å². The lowest BCUT2D eigenvalue weighted by atomic mass is 10.00. The van der Waals surface area contributed by atoms with Gasteiger partial charge in [0.05, 0.1) is 31.6 Å². The molecule has 0 spiro atoms. The van der Waals surface area contributed by atoms with Gasteiger partial charge < -0.3 is 40.7 Å². The van der Waals surface area contributed by atoms with Crippen molar-refractivity contribution in [1.29, 1.82) is 0 Å². The topological polar surface area (TPSA) is 209 Å². The number of carbonyl (C=O) groups excluding carboxylic acids is 2. The van der Waals surface area contributed by atoms with Crippen molar-refractivity contribution in [2.45, 2.75) is 44.9 Å². The summed E-state index contributed by atoms with van der Waals surface area (Å²) in [6.45, 7) is 5.40. The van der Waals surface area contributed by atoms with Crippen LogP contribution in [0.5, 0.6) is 5.75 Å². The summed E-state index contributed by atoms with van der Waals surface area (Å²) in [7, 11) is 1.54. The molecule has 3 aromatic heterocycles. The molecule has 15 nitrogen and oxygen atoms in total. The molecule has 3 atom stereocenters. The van der Waals surface area contributed by atoms with Gasteiger partial charge in [0.15, 0.2) is 5.58 Å². The van der Waals surface area contributed by atoms with Crippen molar-refractivity contribution in [3.05, 3.63) is 101 Å². The maximum absolute atomic E-state index is 12.9. The Balaban J connectivity index is 0.991. The zero-order valence-electron chi connectivity index (χ0n) is 30.0. The number of aliphatic hydroxyl groups is 1. The standard InChI is InChI=1S/C38H46N8O7/c1-24(2)19-32(42-23-33(47)28(39)20-25-7-5-4-6-8-25)36(49)40-15-16-51-17-18-52-27-10-11-29(41-22-27)37(50)43-26-9-13-34-31(21-26)44-38(53-34)30-12-14-35(48)46(3)45-30/h4-14,21-22,24,28,32-33,42,47H,15-20,23,39H2,1-3H3,(H,40,49)(H,43,50)/t28-,32+,33-/m1/s1. The Labute approximate surface area is 306 Å². The Kier molecular flexibility index (Phi) is 13.8. The predicted molar refractivity (Wildman–Crippen MR) is 199 cm³/mol. The van der Waals surface area contributed by atoms with E-state index in [-0.39, 0.29) is 55.3 Å². The molecule has 0 fully saturated rings. The number of pyridine rings is 1. The number of carbonyl (C=O) groups is 2. The number of benzene rings is 2. The second kappa shape index (κ2) is 18.8. The third-order valence-electron chi connectivity index (χ3n) is 8.24. The van der Waals surface area contributed by atoms with Gasteiger partial charge in [-0.2, -0.15) is 5.10 Å². The highest BCUT2D eigenvalue weighted by Gasteiger charge is 2.22. The van der Waals surface area contributed by atoms with E-state index in [0.717, 1.165) is 5.56 Å². The maximum Gasteiger partial charge on any atom is 0.274 e. The first kappa shape index (κ1) is 38.7. The van der Waals surface area contributed by atoms with Gasteiger partial charge in [-0.1, -0.05) is 44.2 Å². The van der Waals surface area contributed by atoms with Crippen molar-refractivity contribution >= 4 is 28.6 Å². The number of fused-ring (bicyclic) bond motifs is 1. The quantitative estimate of drug-likeness (QED) is 0.0779. The normalized spacial score (nSPS) is 13.1. The molecule has 2 amide bonds. The zero-order chi connectivity index (χ0) is 37.7. The fourth-order valence-electron chi connectivity index (χ4n) is 5.41. The van der Waals surface area contributed by atoms with Gasteiger partial charge in [0.25, 0.3) is 11.5 Å². The molecule has 5 aromatic rings. The SMILES string of the molecule is CC(C)C[C@H](NC[C@@H](O)[C@H](N)Cc1ccccc1)C(=O)NCCOCCOc1ccc(C(=O)Nc2ccc3oc(-c4ccc(=O)n(C)n4)nc3c2)nc1. The molecule has 0 aliphatic heterocycles.